The zero-order valence-corrected chi connectivity index (χ0v) is 11.7. The van der Waals surface area contributed by atoms with Crippen LogP contribution in [0.3, 0.4) is 0 Å². The fourth-order valence-electron chi connectivity index (χ4n) is 2.03. The van der Waals surface area contributed by atoms with Crippen LogP contribution >= 0.6 is 11.3 Å². The van der Waals surface area contributed by atoms with E-state index in [1.54, 1.807) is 22.0 Å². The van der Waals surface area contributed by atoms with E-state index in [0.717, 1.165) is 22.0 Å². The van der Waals surface area contributed by atoms with Gasteiger partial charge in [0.05, 0.1) is 6.20 Å². The molecule has 2 aromatic heterocycles. The number of hydrogen-bond acceptors (Lipinski definition) is 4. The summed E-state index contributed by atoms with van der Waals surface area (Å²) >= 11 is 1.56. The maximum atomic E-state index is 5.62. The molecule has 4 nitrogen and oxygen atoms in total. The number of imidazole rings is 1. The molecule has 0 aliphatic rings. The Morgan fingerprint density at radius 2 is 2.05 bits per heavy atom. The van der Waals surface area contributed by atoms with Gasteiger partial charge in [-0.3, -0.25) is 0 Å². The molecule has 0 bridgehead atoms. The van der Waals surface area contributed by atoms with Crippen LogP contribution < -0.4 is 5.73 Å². The SMILES string of the molecule is CCCCc1ccc(-c2nn3cc(N)nc3s2)cc1. The first kappa shape index (κ1) is 12.2. The monoisotopic (exact) mass is 272 g/mol. The van der Waals surface area contributed by atoms with Gasteiger partial charge in [0.2, 0.25) is 4.96 Å². The summed E-state index contributed by atoms with van der Waals surface area (Å²) in [5.74, 6) is 0.514. The molecule has 2 heterocycles. The number of nitrogen functional groups attached to an aromatic ring is 1. The van der Waals surface area contributed by atoms with Crippen LogP contribution in [-0.2, 0) is 6.42 Å². The Labute approximate surface area is 115 Å². The van der Waals surface area contributed by atoms with Gasteiger partial charge in [0.25, 0.3) is 0 Å². The number of nitrogens with two attached hydrogens (primary N) is 1. The van der Waals surface area contributed by atoms with E-state index in [1.165, 1.54) is 18.4 Å². The van der Waals surface area contributed by atoms with Gasteiger partial charge in [0.1, 0.15) is 10.8 Å². The first-order valence-corrected chi connectivity index (χ1v) is 7.29. The summed E-state index contributed by atoms with van der Waals surface area (Å²) in [7, 11) is 0. The van der Waals surface area contributed by atoms with Gasteiger partial charge in [-0.15, -0.1) is 0 Å². The number of nitrogens with zero attached hydrogens (tertiary/aromatic N) is 3. The van der Waals surface area contributed by atoms with E-state index in [0.29, 0.717) is 5.82 Å². The highest BCUT2D eigenvalue weighted by molar-refractivity contribution is 7.19. The molecule has 98 valence electrons. The molecule has 0 radical (unpaired) electrons. The number of aromatic nitrogens is 3. The molecule has 19 heavy (non-hydrogen) atoms. The van der Waals surface area contributed by atoms with Crippen molar-refractivity contribution >= 4 is 22.1 Å². The average molecular weight is 272 g/mol. The molecule has 1 aromatic carbocycles. The highest BCUT2D eigenvalue weighted by atomic mass is 32.1. The van der Waals surface area contributed by atoms with Crippen molar-refractivity contribution in [3.05, 3.63) is 36.0 Å². The minimum Gasteiger partial charge on any atom is -0.382 e. The molecule has 0 amide bonds. The molecule has 0 aliphatic carbocycles. The second kappa shape index (κ2) is 5.01. The lowest BCUT2D eigenvalue weighted by Gasteiger charge is -2.00. The first-order chi connectivity index (χ1) is 9.26. The van der Waals surface area contributed by atoms with Crippen molar-refractivity contribution in [2.45, 2.75) is 26.2 Å². The number of aryl methyl sites for hydroxylation is 1. The topological polar surface area (TPSA) is 56.2 Å². The summed E-state index contributed by atoms with van der Waals surface area (Å²) in [6.07, 6.45) is 5.36. The van der Waals surface area contributed by atoms with E-state index < -0.39 is 0 Å². The number of fused-ring (bicyclic) bond motifs is 1. The Morgan fingerprint density at radius 3 is 2.74 bits per heavy atom. The van der Waals surface area contributed by atoms with Crippen LogP contribution in [0.15, 0.2) is 30.5 Å². The Hall–Kier alpha value is -1.88. The fourth-order valence-corrected chi connectivity index (χ4v) is 2.92. The van der Waals surface area contributed by atoms with Gasteiger partial charge in [-0.2, -0.15) is 5.10 Å². The summed E-state index contributed by atoms with van der Waals surface area (Å²) in [5.41, 5.74) is 8.14. The zero-order chi connectivity index (χ0) is 13.2. The molecular formula is C14H16N4S. The smallest absolute Gasteiger partial charge is 0.214 e. The maximum Gasteiger partial charge on any atom is 0.214 e. The van der Waals surface area contributed by atoms with Crippen LogP contribution in [0.2, 0.25) is 0 Å². The predicted molar refractivity (Wildman–Crippen MR) is 79.3 cm³/mol. The second-order valence-electron chi connectivity index (χ2n) is 4.60. The molecule has 0 fully saturated rings. The zero-order valence-electron chi connectivity index (χ0n) is 10.8. The van der Waals surface area contributed by atoms with Gasteiger partial charge in [0, 0.05) is 5.56 Å². The van der Waals surface area contributed by atoms with Crippen LogP contribution in [-0.4, -0.2) is 14.6 Å². The van der Waals surface area contributed by atoms with Crippen molar-refractivity contribution in [1.29, 1.82) is 0 Å². The largest absolute Gasteiger partial charge is 0.382 e. The van der Waals surface area contributed by atoms with Crippen LogP contribution in [0.5, 0.6) is 0 Å². The number of benzene rings is 1. The number of unbranched alkanes of at least 4 members (excludes halogenated alkanes) is 1. The van der Waals surface area contributed by atoms with E-state index in [9.17, 15) is 0 Å². The highest BCUT2D eigenvalue weighted by Crippen LogP contribution is 2.26. The number of hydrogen-bond donors (Lipinski definition) is 1. The molecule has 0 atom stereocenters. The van der Waals surface area contributed by atoms with E-state index in [-0.39, 0.29) is 0 Å². The van der Waals surface area contributed by atoms with Crippen molar-refractivity contribution in [2.75, 3.05) is 5.73 Å². The Balaban J connectivity index is 1.86. The third kappa shape index (κ3) is 2.46. The summed E-state index contributed by atoms with van der Waals surface area (Å²) in [6, 6.07) is 8.63. The molecular weight excluding hydrogens is 256 g/mol. The quantitative estimate of drug-likeness (QED) is 0.792. The van der Waals surface area contributed by atoms with E-state index in [1.807, 2.05) is 0 Å². The molecule has 3 aromatic rings. The van der Waals surface area contributed by atoms with Crippen molar-refractivity contribution in [3.63, 3.8) is 0 Å². The molecule has 0 saturated carbocycles. The van der Waals surface area contributed by atoms with Crippen LogP contribution in [0.25, 0.3) is 15.5 Å². The Kier molecular flexibility index (Phi) is 3.21. The van der Waals surface area contributed by atoms with Gasteiger partial charge in [0.15, 0.2) is 0 Å². The first-order valence-electron chi connectivity index (χ1n) is 6.47. The molecule has 0 unspecified atom stereocenters. The summed E-state index contributed by atoms with van der Waals surface area (Å²) in [5, 5.41) is 5.46. The minimum absolute atomic E-state index is 0.514. The van der Waals surface area contributed by atoms with Crippen molar-refractivity contribution in [2.24, 2.45) is 0 Å². The minimum atomic E-state index is 0.514. The summed E-state index contributed by atoms with van der Waals surface area (Å²) < 4.78 is 1.74. The lowest BCUT2D eigenvalue weighted by Crippen LogP contribution is -1.86. The van der Waals surface area contributed by atoms with Gasteiger partial charge >= 0.3 is 0 Å². The third-order valence-electron chi connectivity index (χ3n) is 3.08. The number of anilines is 1. The van der Waals surface area contributed by atoms with Crippen LogP contribution in [0.4, 0.5) is 5.82 Å². The lowest BCUT2D eigenvalue weighted by atomic mass is 10.1. The van der Waals surface area contributed by atoms with Crippen LogP contribution in [0.1, 0.15) is 25.3 Å². The molecule has 3 rings (SSSR count). The third-order valence-corrected chi connectivity index (χ3v) is 4.05. The molecule has 0 saturated heterocycles. The molecule has 0 spiro atoms. The molecule has 5 heteroatoms. The average Bonchev–Trinajstić information content (AvgIpc) is 2.94. The van der Waals surface area contributed by atoms with Gasteiger partial charge in [-0.25, -0.2) is 9.50 Å². The van der Waals surface area contributed by atoms with Crippen molar-refractivity contribution in [1.82, 2.24) is 14.6 Å². The molecule has 0 aliphatic heterocycles. The number of rotatable bonds is 4. The van der Waals surface area contributed by atoms with Gasteiger partial charge in [-0.05, 0) is 18.4 Å². The van der Waals surface area contributed by atoms with Crippen LogP contribution in [0, 0.1) is 0 Å². The Bertz CT molecular complexity index is 650. The van der Waals surface area contributed by atoms with E-state index >= 15 is 0 Å². The second-order valence-corrected chi connectivity index (χ2v) is 5.56. The maximum absolute atomic E-state index is 5.62. The van der Waals surface area contributed by atoms with E-state index in [4.69, 9.17) is 5.73 Å². The standard InChI is InChI=1S/C14H16N4S/c1-2-3-4-10-5-7-11(8-6-10)13-17-18-9-12(15)16-14(18)19-13/h5-9H,2-4,15H2,1H3. The fraction of sp³-hybridized carbons (Fsp3) is 0.286. The van der Waals surface area contributed by atoms with E-state index in [2.05, 4.69) is 41.3 Å². The lowest BCUT2D eigenvalue weighted by molar-refractivity contribution is 0.795. The predicted octanol–water partition coefficient (Wildman–Crippen LogP) is 3.38. The highest BCUT2D eigenvalue weighted by Gasteiger charge is 2.08. The van der Waals surface area contributed by atoms with Gasteiger partial charge in [-0.1, -0.05) is 48.9 Å². The van der Waals surface area contributed by atoms with Gasteiger partial charge < -0.3 is 5.73 Å². The van der Waals surface area contributed by atoms with Crippen molar-refractivity contribution < 1.29 is 0 Å². The Morgan fingerprint density at radius 1 is 1.26 bits per heavy atom. The summed E-state index contributed by atoms with van der Waals surface area (Å²) in [6.45, 7) is 2.21. The summed E-state index contributed by atoms with van der Waals surface area (Å²) in [4.78, 5) is 5.05. The van der Waals surface area contributed by atoms with Crippen molar-refractivity contribution in [3.8, 4) is 10.6 Å². The molecule has 2 N–H and O–H groups in total. The normalized spacial score (nSPS) is 11.2.